The van der Waals surface area contributed by atoms with Gasteiger partial charge in [-0.05, 0) is 19.1 Å². The molecule has 1 aromatic carbocycles. The smallest absolute Gasteiger partial charge is 0.340 e. The first-order chi connectivity index (χ1) is 10.1. The van der Waals surface area contributed by atoms with E-state index in [4.69, 9.17) is 9.47 Å². The van der Waals surface area contributed by atoms with Crippen LogP contribution in [0.1, 0.15) is 17.3 Å². The van der Waals surface area contributed by atoms with Crippen molar-refractivity contribution in [1.82, 2.24) is 5.32 Å². The standard InChI is InChI=1S/C14H16N2O5/c1-2-21-14(19)9-5-3-4-6-10(9)16-13(18)11-7-20-8-12(17)15-11/h3-6,11H,2,7-8H2,1H3,(H,15,17)(H,16,18). The van der Waals surface area contributed by atoms with Crippen molar-refractivity contribution in [3.8, 4) is 0 Å². The Kier molecular flexibility index (Phi) is 4.89. The molecule has 1 fully saturated rings. The van der Waals surface area contributed by atoms with Crippen molar-refractivity contribution in [3.63, 3.8) is 0 Å². The van der Waals surface area contributed by atoms with Crippen LogP contribution in [0.2, 0.25) is 0 Å². The maximum atomic E-state index is 12.1. The molecule has 0 bridgehead atoms. The van der Waals surface area contributed by atoms with Crippen molar-refractivity contribution in [2.75, 3.05) is 25.1 Å². The van der Waals surface area contributed by atoms with Crippen LogP contribution in [0, 0.1) is 0 Å². The number of nitrogens with one attached hydrogen (secondary N) is 2. The third-order valence-corrected chi connectivity index (χ3v) is 2.85. The van der Waals surface area contributed by atoms with E-state index in [1.807, 2.05) is 0 Å². The maximum absolute atomic E-state index is 12.1. The number of carbonyl (C=O) groups excluding carboxylic acids is 3. The molecule has 2 N–H and O–H groups in total. The zero-order valence-corrected chi connectivity index (χ0v) is 11.5. The summed E-state index contributed by atoms with van der Waals surface area (Å²) in [5, 5.41) is 5.12. The first-order valence-corrected chi connectivity index (χ1v) is 6.56. The van der Waals surface area contributed by atoms with Crippen molar-refractivity contribution in [2.24, 2.45) is 0 Å². The quantitative estimate of drug-likeness (QED) is 0.779. The molecule has 1 saturated heterocycles. The van der Waals surface area contributed by atoms with E-state index in [1.54, 1.807) is 31.2 Å². The van der Waals surface area contributed by atoms with Gasteiger partial charge < -0.3 is 20.1 Å². The van der Waals surface area contributed by atoms with Crippen molar-refractivity contribution in [1.29, 1.82) is 0 Å². The lowest BCUT2D eigenvalue weighted by Crippen LogP contribution is -2.52. The summed E-state index contributed by atoms with van der Waals surface area (Å²) in [6, 6.07) is 5.74. The van der Waals surface area contributed by atoms with Gasteiger partial charge in [-0.1, -0.05) is 12.1 Å². The lowest BCUT2D eigenvalue weighted by Gasteiger charge is -2.23. The van der Waals surface area contributed by atoms with E-state index in [-0.39, 0.29) is 31.3 Å². The van der Waals surface area contributed by atoms with Crippen molar-refractivity contribution < 1.29 is 23.9 Å². The second-order valence-electron chi connectivity index (χ2n) is 4.39. The van der Waals surface area contributed by atoms with E-state index in [1.165, 1.54) is 0 Å². The number of anilines is 1. The third-order valence-electron chi connectivity index (χ3n) is 2.85. The Balaban J connectivity index is 2.10. The number of ether oxygens (including phenoxy) is 2. The van der Waals surface area contributed by atoms with Gasteiger partial charge in [-0.2, -0.15) is 0 Å². The zero-order valence-electron chi connectivity index (χ0n) is 11.5. The molecule has 0 radical (unpaired) electrons. The van der Waals surface area contributed by atoms with Gasteiger partial charge in [0.25, 0.3) is 0 Å². The highest BCUT2D eigenvalue weighted by Gasteiger charge is 2.26. The van der Waals surface area contributed by atoms with Crippen LogP contribution >= 0.6 is 0 Å². The van der Waals surface area contributed by atoms with Gasteiger partial charge in [0.1, 0.15) is 12.6 Å². The van der Waals surface area contributed by atoms with E-state index in [2.05, 4.69) is 10.6 Å². The monoisotopic (exact) mass is 292 g/mol. The Morgan fingerprint density at radius 1 is 1.43 bits per heavy atom. The Bertz CT molecular complexity index is 558. The third kappa shape index (κ3) is 3.79. The number of esters is 1. The van der Waals surface area contributed by atoms with Crippen LogP contribution in [-0.4, -0.2) is 43.6 Å². The summed E-state index contributed by atoms with van der Waals surface area (Å²) in [4.78, 5) is 35.1. The number of para-hydroxylation sites is 1. The minimum Gasteiger partial charge on any atom is -0.462 e. The lowest BCUT2D eigenvalue weighted by atomic mass is 10.1. The molecule has 0 saturated carbocycles. The highest BCUT2D eigenvalue weighted by Crippen LogP contribution is 2.16. The molecule has 1 aliphatic rings. The average Bonchev–Trinajstić information content (AvgIpc) is 2.48. The molecular weight excluding hydrogens is 276 g/mol. The molecule has 112 valence electrons. The number of rotatable bonds is 4. The molecule has 2 amide bonds. The van der Waals surface area contributed by atoms with E-state index < -0.39 is 17.9 Å². The van der Waals surface area contributed by atoms with Crippen molar-refractivity contribution in [3.05, 3.63) is 29.8 Å². The summed E-state index contributed by atoms with van der Waals surface area (Å²) >= 11 is 0. The summed E-state index contributed by atoms with van der Waals surface area (Å²) in [5.41, 5.74) is 0.594. The number of hydrogen-bond acceptors (Lipinski definition) is 5. The summed E-state index contributed by atoms with van der Waals surface area (Å²) < 4.78 is 9.93. The normalized spacial score (nSPS) is 17.8. The molecule has 0 aromatic heterocycles. The number of hydrogen-bond donors (Lipinski definition) is 2. The second kappa shape index (κ2) is 6.85. The van der Waals surface area contributed by atoms with Gasteiger partial charge in [0.2, 0.25) is 11.8 Å². The number of benzene rings is 1. The van der Waals surface area contributed by atoms with E-state index in [0.29, 0.717) is 5.69 Å². The van der Waals surface area contributed by atoms with E-state index in [0.717, 1.165) is 0 Å². The van der Waals surface area contributed by atoms with Gasteiger partial charge in [-0.25, -0.2) is 4.79 Å². The van der Waals surface area contributed by atoms with Crippen molar-refractivity contribution >= 4 is 23.5 Å². The molecule has 0 aliphatic carbocycles. The molecule has 1 heterocycles. The number of amides is 2. The minimum atomic E-state index is -0.776. The summed E-state index contributed by atoms with van der Waals surface area (Å²) in [6.45, 7) is 1.99. The fourth-order valence-electron chi connectivity index (χ4n) is 1.89. The summed E-state index contributed by atoms with van der Waals surface area (Å²) in [7, 11) is 0. The Morgan fingerprint density at radius 3 is 2.90 bits per heavy atom. The molecule has 7 heteroatoms. The van der Waals surface area contributed by atoms with Crippen LogP contribution in [0.3, 0.4) is 0 Å². The van der Waals surface area contributed by atoms with Gasteiger partial charge in [-0.15, -0.1) is 0 Å². The number of carbonyl (C=O) groups is 3. The maximum Gasteiger partial charge on any atom is 0.340 e. The zero-order chi connectivity index (χ0) is 15.2. The van der Waals surface area contributed by atoms with Gasteiger partial charge in [-0.3, -0.25) is 9.59 Å². The highest BCUT2D eigenvalue weighted by atomic mass is 16.5. The first-order valence-electron chi connectivity index (χ1n) is 6.56. The molecule has 0 spiro atoms. The molecular formula is C14H16N2O5. The van der Waals surface area contributed by atoms with Crippen molar-refractivity contribution in [2.45, 2.75) is 13.0 Å². The Labute approximate surface area is 121 Å². The molecule has 1 atom stereocenters. The Hall–Kier alpha value is -2.41. The van der Waals surface area contributed by atoms with Crippen LogP contribution in [-0.2, 0) is 19.1 Å². The van der Waals surface area contributed by atoms with Crippen LogP contribution in [0.25, 0.3) is 0 Å². The summed E-state index contributed by atoms with van der Waals surface area (Å²) in [6.07, 6.45) is 0. The molecule has 1 unspecified atom stereocenters. The summed E-state index contributed by atoms with van der Waals surface area (Å²) in [5.74, 6) is -1.31. The van der Waals surface area contributed by atoms with Crippen LogP contribution in [0.4, 0.5) is 5.69 Å². The fraction of sp³-hybridized carbons (Fsp3) is 0.357. The molecule has 1 aliphatic heterocycles. The number of morpholine rings is 1. The van der Waals surface area contributed by atoms with Gasteiger partial charge >= 0.3 is 5.97 Å². The van der Waals surface area contributed by atoms with E-state index in [9.17, 15) is 14.4 Å². The SMILES string of the molecule is CCOC(=O)c1ccccc1NC(=O)C1COCC(=O)N1. The van der Waals surface area contributed by atoms with Gasteiger partial charge in [0.05, 0.1) is 24.5 Å². The average molecular weight is 292 g/mol. The minimum absolute atomic E-state index is 0.0524. The fourth-order valence-corrected chi connectivity index (χ4v) is 1.89. The molecule has 7 nitrogen and oxygen atoms in total. The van der Waals surface area contributed by atoms with Crippen LogP contribution in [0.5, 0.6) is 0 Å². The van der Waals surface area contributed by atoms with Gasteiger partial charge in [0, 0.05) is 0 Å². The predicted octanol–water partition coefficient (Wildman–Crippen LogP) is 0.317. The predicted molar refractivity (Wildman–Crippen MR) is 73.8 cm³/mol. The largest absolute Gasteiger partial charge is 0.462 e. The molecule has 1 aromatic rings. The second-order valence-corrected chi connectivity index (χ2v) is 4.39. The lowest BCUT2D eigenvalue weighted by molar-refractivity contribution is -0.136. The molecule has 21 heavy (non-hydrogen) atoms. The van der Waals surface area contributed by atoms with E-state index >= 15 is 0 Å². The van der Waals surface area contributed by atoms with Crippen LogP contribution in [0.15, 0.2) is 24.3 Å². The highest BCUT2D eigenvalue weighted by molar-refractivity contribution is 6.03. The topological polar surface area (TPSA) is 93.7 Å². The van der Waals surface area contributed by atoms with Gasteiger partial charge in [0.15, 0.2) is 0 Å². The Morgan fingerprint density at radius 2 is 2.19 bits per heavy atom. The first kappa shape index (κ1) is 15.0. The van der Waals surface area contributed by atoms with Crippen LogP contribution < -0.4 is 10.6 Å². The molecule has 2 rings (SSSR count).